The quantitative estimate of drug-likeness (QED) is 0.0801. The summed E-state index contributed by atoms with van der Waals surface area (Å²) >= 11 is 1.28. The molecule has 7 rings (SSSR count). The van der Waals surface area contributed by atoms with Gasteiger partial charge in [-0.2, -0.15) is 5.10 Å². The van der Waals surface area contributed by atoms with Crippen molar-refractivity contribution in [1.29, 1.82) is 0 Å². The van der Waals surface area contributed by atoms with Gasteiger partial charge in [0.05, 0.1) is 30.4 Å². The summed E-state index contributed by atoms with van der Waals surface area (Å²) in [5.74, 6) is -1.23. The van der Waals surface area contributed by atoms with Crippen LogP contribution in [0.25, 0.3) is 11.3 Å². The summed E-state index contributed by atoms with van der Waals surface area (Å²) in [5.41, 5.74) is 2.63. The van der Waals surface area contributed by atoms with Gasteiger partial charge in [0.1, 0.15) is 18.3 Å². The van der Waals surface area contributed by atoms with E-state index in [4.69, 9.17) is 0 Å². The third-order valence-corrected chi connectivity index (χ3v) is 12.5. The molecule has 59 heavy (non-hydrogen) atoms. The predicted molar refractivity (Wildman–Crippen MR) is 212 cm³/mol. The van der Waals surface area contributed by atoms with Crippen molar-refractivity contribution in [2.24, 2.45) is 13.0 Å². The minimum absolute atomic E-state index is 0.0379. The lowest BCUT2D eigenvalue weighted by Crippen LogP contribution is -2.52. The minimum Gasteiger partial charge on any atom is -0.465 e. The van der Waals surface area contributed by atoms with E-state index < -0.39 is 23.9 Å². The maximum Gasteiger partial charge on any atom is 0.408 e. The third-order valence-electron chi connectivity index (χ3n) is 11.4. The Morgan fingerprint density at radius 1 is 1.02 bits per heavy atom. The molecule has 6 amide bonds. The fourth-order valence-corrected chi connectivity index (χ4v) is 9.01. The summed E-state index contributed by atoms with van der Waals surface area (Å²) in [6, 6.07) is 0.838. The molecule has 3 aromatic heterocycles. The number of unbranched alkanes of at least 4 members (excludes halogenated alkanes) is 1. The molecule has 6 N–H and O–H groups in total. The normalized spacial score (nSPS) is 20.3. The van der Waals surface area contributed by atoms with Crippen LogP contribution in [0.5, 0.6) is 0 Å². The zero-order chi connectivity index (χ0) is 41.6. The van der Waals surface area contributed by atoms with Gasteiger partial charge in [0.15, 0.2) is 5.82 Å². The van der Waals surface area contributed by atoms with Gasteiger partial charge in [-0.05, 0) is 88.3 Å². The van der Waals surface area contributed by atoms with Crippen molar-refractivity contribution in [1.82, 2.24) is 50.8 Å². The SMILES string of the molecule is Cn1ncc(-c2nc(NC3CCC(N(CC(=O)NCCCCNCC(=O)NCc4cc5c(s4)C(=O)N(C4CCC(=O)NC4=O)C5)C(=O)O)CC3)ncc2F)c1CC1CC1. The average Bonchev–Trinajstić information content (AvgIpc) is 3.72. The van der Waals surface area contributed by atoms with Gasteiger partial charge in [-0.15, -0.1) is 11.3 Å². The summed E-state index contributed by atoms with van der Waals surface area (Å²) in [4.78, 5) is 86.7. The number of thiophene rings is 1. The number of imide groups is 1. The topological polar surface area (TPSA) is 233 Å². The van der Waals surface area contributed by atoms with Crippen LogP contribution in [0.15, 0.2) is 18.5 Å². The molecule has 2 saturated carbocycles. The van der Waals surface area contributed by atoms with Crippen LogP contribution in [0.2, 0.25) is 0 Å². The number of nitrogens with one attached hydrogen (secondary N) is 5. The molecule has 0 bridgehead atoms. The number of hydrogen-bond acceptors (Lipinski definition) is 12. The van der Waals surface area contributed by atoms with E-state index in [1.165, 1.54) is 27.3 Å². The van der Waals surface area contributed by atoms with Crippen LogP contribution in [-0.2, 0) is 45.7 Å². The van der Waals surface area contributed by atoms with Crippen molar-refractivity contribution in [3.63, 3.8) is 0 Å². The van der Waals surface area contributed by atoms with Gasteiger partial charge in [-0.3, -0.25) is 38.9 Å². The van der Waals surface area contributed by atoms with E-state index in [1.807, 2.05) is 13.1 Å². The summed E-state index contributed by atoms with van der Waals surface area (Å²) in [5, 5.41) is 28.6. The molecule has 1 atom stereocenters. The molecule has 1 unspecified atom stereocenters. The number of anilines is 1. The number of carbonyl (C=O) groups excluding carboxylic acids is 5. The number of carboxylic acid groups (broad SMARTS) is 1. The maximum absolute atomic E-state index is 14.9. The van der Waals surface area contributed by atoms with Gasteiger partial charge in [-0.1, -0.05) is 0 Å². The fourth-order valence-electron chi connectivity index (χ4n) is 7.94. The first-order valence-corrected chi connectivity index (χ1v) is 21.0. The van der Waals surface area contributed by atoms with E-state index in [0.29, 0.717) is 80.3 Å². The molecular formula is C39H50FN11O7S. The third kappa shape index (κ3) is 10.4. The first-order chi connectivity index (χ1) is 28.4. The Hall–Kier alpha value is -5.50. The monoisotopic (exact) mass is 835 g/mol. The van der Waals surface area contributed by atoms with Crippen molar-refractivity contribution >= 4 is 52.9 Å². The Kier molecular flexibility index (Phi) is 13.1. The van der Waals surface area contributed by atoms with Crippen LogP contribution in [0.4, 0.5) is 15.1 Å². The number of aromatic nitrogens is 4. The molecular weight excluding hydrogens is 786 g/mol. The number of halogens is 1. The molecule has 2 aliphatic heterocycles. The van der Waals surface area contributed by atoms with Crippen molar-refractivity contribution in [2.45, 2.75) is 102 Å². The first kappa shape index (κ1) is 41.7. The standard InChI is InChI=1S/C39H50FN11O7S/c1-49-30(14-22-4-5-22)27(17-45-49)34-28(40)18-44-38(48-34)46-24-6-8-25(9-7-24)50(39(57)58)21-33(54)42-13-3-2-12-41-19-32(53)43-16-26-15-23-20-51(37(56)35(23)59-26)29-10-11-31(52)47-36(29)55/h15,17-18,22,24-25,29,41H,2-14,16,19-21H2,1H3,(H,42,54)(H,43,53)(H,57,58)(H,44,46,48)(H,47,52,55). The van der Waals surface area contributed by atoms with Crippen LogP contribution in [0.1, 0.15) is 90.0 Å². The molecule has 3 aromatic rings. The van der Waals surface area contributed by atoms with Gasteiger partial charge in [-0.25, -0.2) is 19.2 Å². The molecule has 0 radical (unpaired) electrons. The first-order valence-electron chi connectivity index (χ1n) is 20.2. The molecule has 2 aliphatic carbocycles. The molecule has 1 saturated heterocycles. The van der Waals surface area contributed by atoms with E-state index in [1.54, 1.807) is 10.9 Å². The van der Waals surface area contributed by atoms with Gasteiger partial charge in [0.25, 0.3) is 5.91 Å². The largest absolute Gasteiger partial charge is 0.465 e. The molecule has 5 heterocycles. The molecule has 4 aliphatic rings. The highest BCUT2D eigenvalue weighted by atomic mass is 32.1. The van der Waals surface area contributed by atoms with E-state index in [0.717, 1.165) is 35.4 Å². The Bertz CT molecular complexity index is 2080. The number of rotatable bonds is 18. The smallest absolute Gasteiger partial charge is 0.408 e. The van der Waals surface area contributed by atoms with Gasteiger partial charge >= 0.3 is 6.09 Å². The van der Waals surface area contributed by atoms with Crippen LogP contribution in [0, 0.1) is 11.7 Å². The van der Waals surface area contributed by atoms with Crippen LogP contribution >= 0.6 is 11.3 Å². The molecule has 3 fully saturated rings. The highest BCUT2D eigenvalue weighted by Gasteiger charge is 2.40. The molecule has 0 aromatic carbocycles. The number of hydrogen-bond donors (Lipinski definition) is 6. The summed E-state index contributed by atoms with van der Waals surface area (Å²) in [6.45, 7) is 1.28. The van der Waals surface area contributed by atoms with Crippen molar-refractivity contribution in [2.75, 3.05) is 31.5 Å². The number of aryl methyl sites for hydroxylation is 1. The van der Waals surface area contributed by atoms with Crippen molar-refractivity contribution < 1.29 is 38.3 Å². The van der Waals surface area contributed by atoms with Gasteiger partial charge < -0.3 is 31.3 Å². The van der Waals surface area contributed by atoms with Crippen molar-refractivity contribution in [3.05, 3.63) is 45.3 Å². The van der Waals surface area contributed by atoms with Crippen LogP contribution < -0.4 is 26.6 Å². The van der Waals surface area contributed by atoms with Crippen LogP contribution in [-0.4, -0.2) is 115 Å². The van der Waals surface area contributed by atoms with Gasteiger partial charge in [0, 0.05) is 54.8 Å². The lowest BCUT2D eigenvalue weighted by molar-refractivity contribution is -0.137. The van der Waals surface area contributed by atoms with E-state index >= 15 is 0 Å². The highest BCUT2D eigenvalue weighted by molar-refractivity contribution is 7.14. The molecule has 20 heteroatoms. The predicted octanol–water partition coefficient (Wildman–Crippen LogP) is 2.30. The Balaban J connectivity index is 0.756. The Labute approximate surface area is 344 Å². The van der Waals surface area contributed by atoms with E-state index in [9.17, 15) is 38.3 Å². The number of amides is 6. The second-order valence-electron chi connectivity index (χ2n) is 15.7. The lowest BCUT2D eigenvalue weighted by Gasteiger charge is -2.35. The molecule has 18 nitrogen and oxygen atoms in total. The van der Waals surface area contributed by atoms with E-state index in [2.05, 4.69) is 41.7 Å². The maximum atomic E-state index is 14.9. The minimum atomic E-state index is -1.16. The zero-order valence-corrected chi connectivity index (χ0v) is 33.7. The Morgan fingerprint density at radius 3 is 2.53 bits per heavy atom. The number of nitrogens with zero attached hydrogens (tertiary/aromatic N) is 6. The fraction of sp³-hybridized carbons (Fsp3) is 0.564. The average molecular weight is 836 g/mol. The molecule has 0 spiro atoms. The summed E-state index contributed by atoms with van der Waals surface area (Å²) < 4.78 is 16.7. The zero-order valence-electron chi connectivity index (χ0n) is 32.9. The Morgan fingerprint density at radius 2 is 1.80 bits per heavy atom. The number of fused-ring (bicyclic) bond motifs is 1. The summed E-state index contributed by atoms with van der Waals surface area (Å²) in [6.07, 6.45) is 8.94. The second kappa shape index (κ2) is 18.6. The second-order valence-corrected chi connectivity index (χ2v) is 16.8. The lowest BCUT2D eigenvalue weighted by atomic mass is 9.90. The molecule has 316 valence electrons. The number of carbonyl (C=O) groups is 6. The highest BCUT2D eigenvalue weighted by Crippen LogP contribution is 2.36. The van der Waals surface area contributed by atoms with Gasteiger partial charge in [0.2, 0.25) is 29.6 Å². The van der Waals surface area contributed by atoms with E-state index in [-0.39, 0.29) is 74.0 Å². The summed E-state index contributed by atoms with van der Waals surface area (Å²) in [7, 11) is 1.85. The van der Waals surface area contributed by atoms with Crippen LogP contribution in [0.3, 0.4) is 0 Å². The number of piperidine rings is 1. The van der Waals surface area contributed by atoms with Crippen molar-refractivity contribution in [3.8, 4) is 11.3 Å².